The Morgan fingerprint density at radius 2 is 1.07 bits per heavy atom. The van der Waals surface area contributed by atoms with E-state index in [2.05, 4.69) is 19.2 Å². The molecule has 1 fully saturated rings. The smallest absolute Gasteiger partial charge is 0.114 e. The summed E-state index contributed by atoms with van der Waals surface area (Å²) in [6, 6.07) is 0. The van der Waals surface area contributed by atoms with Crippen LogP contribution < -0.4 is 17.7 Å². The normalized spacial score (nSPS) is 19.8. The molecule has 0 saturated carbocycles. The van der Waals surface area contributed by atoms with E-state index in [1.54, 1.807) is 0 Å². The first-order chi connectivity index (χ1) is 12.8. The van der Waals surface area contributed by atoms with Gasteiger partial charge in [0.2, 0.25) is 0 Å². The Balaban J connectivity index is 0.00000676. The van der Waals surface area contributed by atoms with Crippen LogP contribution in [-0.2, 0) is 4.74 Å². The Morgan fingerprint density at radius 3 is 1.44 bits per heavy atom. The lowest BCUT2D eigenvalue weighted by atomic mass is 9.96. The monoisotopic (exact) mass is 403 g/mol. The lowest BCUT2D eigenvalue weighted by molar-refractivity contribution is -0.685. The molecule has 0 aromatic rings. The summed E-state index contributed by atoms with van der Waals surface area (Å²) in [6.45, 7) is 7.85. The molecular formula is C24H50ClNO. The van der Waals surface area contributed by atoms with Gasteiger partial charge in [-0.15, -0.1) is 0 Å². The molecule has 0 amide bonds. The van der Waals surface area contributed by atoms with E-state index in [1.165, 1.54) is 116 Å². The van der Waals surface area contributed by atoms with Crippen LogP contribution in [0.25, 0.3) is 0 Å². The molecule has 1 rings (SSSR count). The first kappa shape index (κ1) is 27.2. The summed E-state index contributed by atoms with van der Waals surface area (Å²) in [5.74, 6) is 0. The maximum absolute atomic E-state index is 5.96. The fourth-order valence-corrected chi connectivity index (χ4v) is 4.25. The van der Waals surface area contributed by atoms with Crippen molar-refractivity contribution >= 4 is 0 Å². The highest BCUT2D eigenvalue weighted by Gasteiger charge is 2.29. The summed E-state index contributed by atoms with van der Waals surface area (Å²) in [6.07, 6.45) is 25.9. The van der Waals surface area contributed by atoms with Crippen LogP contribution in [0.2, 0.25) is 0 Å². The quantitative estimate of drug-likeness (QED) is 0.349. The molecule has 2 nitrogen and oxygen atoms in total. The fraction of sp³-hybridized carbons (Fsp3) is 1.00. The minimum Gasteiger partial charge on any atom is -1.00 e. The third-order valence-electron chi connectivity index (χ3n) is 6.16. The van der Waals surface area contributed by atoms with Gasteiger partial charge in [0.15, 0.2) is 0 Å². The minimum atomic E-state index is 0. The Morgan fingerprint density at radius 1 is 0.667 bits per heavy atom. The van der Waals surface area contributed by atoms with Gasteiger partial charge in [-0.1, -0.05) is 116 Å². The van der Waals surface area contributed by atoms with E-state index >= 15 is 0 Å². The molecular weight excluding hydrogens is 354 g/mol. The van der Waals surface area contributed by atoms with Gasteiger partial charge in [-0.05, 0) is 13.3 Å². The molecule has 0 spiro atoms. The van der Waals surface area contributed by atoms with Crippen molar-refractivity contribution in [3.63, 3.8) is 0 Å². The largest absolute Gasteiger partial charge is 1.00 e. The van der Waals surface area contributed by atoms with Gasteiger partial charge < -0.3 is 22.5 Å². The lowest BCUT2D eigenvalue weighted by Crippen LogP contribution is -3.00. The van der Waals surface area contributed by atoms with Crippen LogP contribution in [0.15, 0.2) is 0 Å². The summed E-state index contributed by atoms with van der Waals surface area (Å²) in [5.41, 5.74) is 0.160. The van der Waals surface area contributed by atoms with Gasteiger partial charge in [0.05, 0.1) is 13.2 Å². The van der Waals surface area contributed by atoms with E-state index in [4.69, 9.17) is 4.74 Å². The predicted molar refractivity (Wildman–Crippen MR) is 115 cm³/mol. The number of morpholine rings is 1. The second-order valence-corrected chi connectivity index (χ2v) is 8.99. The zero-order valence-corrected chi connectivity index (χ0v) is 19.5. The highest BCUT2D eigenvalue weighted by atomic mass is 35.5. The van der Waals surface area contributed by atoms with Gasteiger partial charge >= 0.3 is 0 Å². The van der Waals surface area contributed by atoms with E-state index in [0.717, 1.165) is 19.7 Å². The number of rotatable bonds is 18. The van der Waals surface area contributed by atoms with Crippen LogP contribution >= 0.6 is 0 Å². The first-order valence-electron chi connectivity index (χ1n) is 12.2. The highest BCUT2D eigenvalue weighted by Crippen LogP contribution is 2.20. The van der Waals surface area contributed by atoms with Gasteiger partial charge in [-0.2, -0.15) is 0 Å². The van der Waals surface area contributed by atoms with Crippen LogP contribution in [0.5, 0.6) is 0 Å². The third kappa shape index (κ3) is 16.8. The number of hydrogen-bond donors (Lipinski definition) is 1. The molecule has 0 radical (unpaired) electrons. The van der Waals surface area contributed by atoms with Crippen molar-refractivity contribution in [1.82, 2.24) is 0 Å². The van der Waals surface area contributed by atoms with Crippen LogP contribution in [0.4, 0.5) is 0 Å². The van der Waals surface area contributed by atoms with Crippen molar-refractivity contribution in [2.24, 2.45) is 0 Å². The summed E-state index contributed by atoms with van der Waals surface area (Å²) in [7, 11) is 0. The zero-order chi connectivity index (χ0) is 18.8. The molecule has 1 heterocycles. The van der Waals surface area contributed by atoms with Crippen molar-refractivity contribution in [3.05, 3.63) is 0 Å². The maximum atomic E-state index is 5.96. The van der Waals surface area contributed by atoms with E-state index in [1.807, 2.05) is 0 Å². The molecule has 1 unspecified atom stereocenters. The topological polar surface area (TPSA) is 25.8 Å². The number of hydrogen-bond acceptors (Lipinski definition) is 1. The maximum Gasteiger partial charge on any atom is 0.114 e. The predicted octanol–water partition coefficient (Wildman–Crippen LogP) is 3.38. The highest BCUT2D eigenvalue weighted by molar-refractivity contribution is 4.75. The average molecular weight is 404 g/mol. The standard InChI is InChI=1S/C24H49NO.ClH/c1-3-4-5-6-7-8-9-10-11-12-13-14-15-16-17-18-19-20-24(2)23-25-21-22-26-24;/h25H,3-23H2,1-2H3;1H. The van der Waals surface area contributed by atoms with Crippen molar-refractivity contribution in [2.45, 2.75) is 135 Å². The number of nitrogens with two attached hydrogens (primary N) is 1. The Kier molecular flexibility index (Phi) is 19.7. The molecule has 3 heteroatoms. The molecule has 0 aromatic heterocycles. The van der Waals surface area contributed by atoms with Crippen LogP contribution in [-0.4, -0.2) is 25.3 Å². The van der Waals surface area contributed by atoms with Crippen LogP contribution in [0.1, 0.15) is 129 Å². The van der Waals surface area contributed by atoms with Gasteiger partial charge in [-0.3, -0.25) is 0 Å². The summed E-state index contributed by atoms with van der Waals surface area (Å²) in [5, 5.41) is 2.41. The molecule has 2 N–H and O–H groups in total. The number of quaternary nitrogens is 1. The Hall–Kier alpha value is 0.210. The SMILES string of the molecule is CCCCCCCCCCCCCCCCCCCC1(C)C[NH2+]CCO1.[Cl-]. The first-order valence-corrected chi connectivity index (χ1v) is 12.2. The lowest BCUT2D eigenvalue weighted by Gasteiger charge is -2.31. The average Bonchev–Trinajstić information content (AvgIpc) is 2.65. The number of unbranched alkanes of at least 4 members (excludes halogenated alkanes) is 16. The zero-order valence-electron chi connectivity index (χ0n) is 18.7. The summed E-state index contributed by atoms with van der Waals surface area (Å²) >= 11 is 0. The molecule has 0 aromatic carbocycles. The van der Waals surface area contributed by atoms with Crippen molar-refractivity contribution < 1.29 is 22.5 Å². The van der Waals surface area contributed by atoms with Crippen molar-refractivity contribution in [2.75, 3.05) is 19.7 Å². The Bertz CT molecular complexity index is 292. The molecule has 1 aliphatic rings. The fourth-order valence-electron chi connectivity index (χ4n) is 4.25. The van der Waals surface area contributed by atoms with Gasteiger partial charge in [0.1, 0.15) is 12.1 Å². The van der Waals surface area contributed by atoms with E-state index in [-0.39, 0.29) is 18.0 Å². The summed E-state index contributed by atoms with van der Waals surface area (Å²) < 4.78 is 5.96. The van der Waals surface area contributed by atoms with Gasteiger partial charge in [0, 0.05) is 0 Å². The van der Waals surface area contributed by atoms with Crippen LogP contribution in [0, 0.1) is 0 Å². The second kappa shape index (κ2) is 19.5. The molecule has 27 heavy (non-hydrogen) atoms. The van der Waals surface area contributed by atoms with Gasteiger partial charge in [0.25, 0.3) is 0 Å². The van der Waals surface area contributed by atoms with Crippen molar-refractivity contribution in [3.8, 4) is 0 Å². The third-order valence-corrected chi connectivity index (χ3v) is 6.16. The number of ether oxygens (including phenoxy) is 1. The van der Waals surface area contributed by atoms with Crippen LogP contribution in [0.3, 0.4) is 0 Å². The molecule has 164 valence electrons. The van der Waals surface area contributed by atoms with Crippen molar-refractivity contribution in [1.29, 1.82) is 0 Å². The van der Waals surface area contributed by atoms with E-state index < -0.39 is 0 Å². The second-order valence-electron chi connectivity index (χ2n) is 8.99. The number of halogens is 1. The minimum absolute atomic E-state index is 0. The van der Waals surface area contributed by atoms with E-state index in [9.17, 15) is 0 Å². The van der Waals surface area contributed by atoms with E-state index in [0.29, 0.717) is 0 Å². The molecule has 1 saturated heterocycles. The summed E-state index contributed by atoms with van der Waals surface area (Å²) in [4.78, 5) is 0. The molecule has 1 atom stereocenters. The Labute approximate surface area is 177 Å². The molecule has 1 aliphatic heterocycles. The molecule has 0 aliphatic carbocycles. The molecule has 0 bridgehead atoms. The van der Waals surface area contributed by atoms with Gasteiger partial charge in [-0.25, -0.2) is 0 Å².